The Kier molecular flexibility index (Phi) is 6.23. The lowest BCUT2D eigenvalue weighted by Gasteiger charge is -2.29. The molecule has 0 N–H and O–H groups in total. The van der Waals surface area contributed by atoms with Gasteiger partial charge < -0.3 is 0 Å². The average molecular weight is 378 g/mol. The molecule has 4 heteroatoms. The molecule has 0 atom stereocenters. The van der Waals surface area contributed by atoms with Crippen LogP contribution in [0.3, 0.4) is 0 Å². The van der Waals surface area contributed by atoms with E-state index in [0.29, 0.717) is 5.92 Å². The van der Waals surface area contributed by atoms with Crippen molar-refractivity contribution in [1.82, 2.24) is 0 Å². The highest BCUT2D eigenvalue weighted by Gasteiger charge is 2.24. The van der Waals surface area contributed by atoms with Crippen molar-refractivity contribution in [2.45, 2.75) is 64.7 Å². The van der Waals surface area contributed by atoms with Crippen LogP contribution >= 0.6 is 0 Å². The van der Waals surface area contributed by atoms with Gasteiger partial charge in [0.15, 0.2) is 11.6 Å². The van der Waals surface area contributed by atoms with Crippen LogP contribution < -0.4 is 0 Å². The van der Waals surface area contributed by atoms with Gasteiger partial charge in [0.05, 0.1) is 0 Å². The third-order valence-corrected chi connectivity index (χ3v) is 5.96. The Balaban J connectivity index is 1.80. The number of hydrogen-bond acceptors (Lipinski definition) is 0. The van der Waals surface area contributed by atoms with Gasteiger partial charge in [0.2, 0.25) is 0 Å². The van der Waals surface area contributed by atoms with Crippen LogP contribution in [0.5, 0.6) is 0 Å². The number of rotatable bonds is 5. The smallest absolute Gasteiger partial charge is 0.167 e. The SMILES string of the molecule is CCCC[C@H]1CC[C@H](c2ccc(-c3cc(F)c(C)c(F)c3F)c(F)c2)CC1. The van der Waals surface area contributed by atoms with Gasteiger partial charge in [-0.25, -0.2) is 17.6 Å². The maximum absolute atomic E-state index is 14.7. The molecule has 0 aromatic heterocycles. The molecule has 0 spiro atoms. The van der Waals surface area contributed by atoms with Crippen molar-refractivity contribution >= 4 is 0 Å². The molecule has 0 saturated heterocycles. The maximum atomic E-state index is 14.7. The quantitative estimate of drug-likeness (QED) is 0.370. The fourth-order valence-electron chi connectivity index (χ4n) is 4.16. The summed E-state index contributed by atoms with van der Waals surface area (Å²) in [6, 6.07) is 5.48. The van der Waals surface area contributed by atoms with Crippen molar-refractivity contribution in [2.75, 3.05) is 0 Å². The van der Waals surface area contributed by atoms with Crippen LogP contribution in [0.1, 0.15) is 68.9 Å². The summed E-state index contributed by atoms with van der Waals surface area (Å²) in [6.45, 7) is 3.36. The zero-order valence-electron chi connectivity index (χ0n) is 15.9. The average Bonchev–Trinajstić information content (AvgIpc) is 2.68. The van der Waals surface area contributed by atoms with E-state index in [2.05, 4.69) is 6.92 Å². The van der Waals surface area contributed by atoms with Gasteiger partial charge in [-0.1, -0.05) is 38.3 Å². The van der Waals surface area contributed by atoms with E-state index in [-0.39, 0.29) is 11.1 Å². The van der Waals surface area contributed by atoms with Crippen LogP contribution in [0.4, 0.5) is 17.6 Å². The Morgan fingerprint density at radius 3 is 2.19 bits per heavy atom. The van der Waals surface area contributed by atoms with Gasteiger partial charge in [0.1, 0.15) is 11.6 Å². The largest absolute Gasteiger partial charge is 0.207 e. The molecule has 1 fully saturated rings. The van der Waals surface area contributed by atoms with E-state index < -0.39 is 28.8 Å². The molecular formula is C23H26F4. The van der Waals surface area contributed by atoms with Crippen molar-refractivity contribution in [3.63, 3.8) is 0 Å². The molecule has 1 saturated carbocycles. The summed E-state index contributed by atoms with van der Waals surface area (Å²) in [5.41, 5.74) is 0.0142. The number of benzene rings is 2. The Labute approximate surface area is 158 Å². The van der Waals surface area contributed by atoms with E-state index in [9.17, 15) is 17.6 Å². The standard InChI is InChI=1S/C23H26F4/c1-3-4-5-15-6-8-16(9-7-15)17-10-11-18(21(25)12-17)19-13-20(24)14(2)22(26)23(19)27/h10-13,15-16H,3-9H2,1-2H3/t15-,16-. The molecule has 0 radical (unpaired) electrons. The minimum atomic E-state index is -1.26. The molecule has 146 valence electrons. The van der Waals surface area contributed by atoms with Crippen LogP contribution in [0.25, 0.3) is 11.1 Å². The number of unbranched alkanes of at least 4 members (excludes halogenated alkanes) is 1. The molecule has 0 nitrogen and oxygen atoms in total. The van der Waals surface area contributed by atoms with Crippen molar-refractivity contribution < 1.29 is 17.6 Å². The highest BCUT2D eigenvalue weighted by Crippen LogP contribution is 2.39. The van der Waals surface area contributed by atoms with E-state index in [1.165, 1.54) is 31.4 Å². The molecule has 0 unspecified atom stereocenters. The first kappa shape index (κ1) is 19.9. The summed E-state index contributed by atoms with van der Waals surface area (Å²) in [5, 5.41) is 0. The van der Waals surface area contributed by atoms with Crippen LogP contribution in [-0.2, 0) is 0 Å². The van der Waals surface area contributed by atoms with E-state index in [4.69, 9.17) is 0 Å². The number of hydrogen-bond donors (Lipinski definition) is 0. The van der Waals surface area contributed by atoms with Gasteiger partial charge in [-0.15, -0.1) is 0 Å². The molecule has 2 aromatic rings. The first-order valence-electron chi connectivity index (χ1n) is 9.86. The number of halogens is 4. The second-order valence-electron chi connectivity index (χ2n) is 7.76. The summed E-state index contributed by atoms with van der Waals surface area (Å²) >= 11 is 0. The maximum Gasteiger partial charge on any atom is 0.167 e. The Bertz CT molecular complexity index is 805. The molecule has 3 rings (SSSR count). The van der Waals surface area contributed by atoms with Gasteiger partial charge in [0, 0.05) is 16.7 Å². The summed E-state index contributed by atoms with van der Waals surface area (Å²) < 4.78 is 56.5. The highest BCUT2D eigenvalue weighted by molar-refractivity contribution is 5.66. The van der Waals surface area contributed by atoms with Crippen molar-refractivity contribution in [3.05, 3.63) is 58.7 Å². The first-order valence-corrected chi connectivity index (χ1v) is 9.86. The van der Waals surface area contributed by atoms with Crippen LogP contribution in [0, 0.1) is 36.1 Å². The lowest BCUT2D eigenvalue weighted by atomic mass is 9.77. The Morgan fingerprint density at radius 2 is 1.56 bits per heavy atom. The third kappa shape index (κ3) is 4.20. The van der Waals surface area contributed by atoms with Crippen LogP contribution in [-0.4, -0.2) is 0 Å². The molecule has 0 aliphatic heterocycles. The first-order chi connectivity index (χ1) is 12.9. The fourth-order valence-corrected chi connectivity index (χ4v) is 4.16. The van der Waals surface area contributed by atoms with Gasteiger partial charge in [-0.3, -0.25) is 0 Å². The Morgan fingerprint density at radius 1 is 0.852 bits per heavy atom. The predicted octanol–water partition coefficient (Wildman–Crippen LogP) is 7.68. The van der Waals surface area contributed by atoms with E-state index in [1.54, 1.807) is 6.07 Å². The van der Waals surface area contributed by atoms with Crippen LogP contribution in [0.15, 0.2) is 24.3 Å². The lowest BCUT2D eigenvalue weighted by molar-refractivity contribution is 0.304. The second-order valence-corrected chi connectivity index (χ2v) is 7.76. The topological polar surface area (TPSA) is 0 Å². The summed E-state index contributed by atoms with van der Waals surface area (Å²) in [6.07, 6.45) is 8.08. The Hall–Kier alpha value is -1.84. The summed E-state index contributed by atoms with van der Waals surface area (Å²) in [7, 11) is 0. The van der Waals surface area contributed by atoms with Gasteiger partial charge in [-0.05, 0) is 62.1 Å². The summed E-state index contributed by atoms with van der Waals surface area (Å²) in [4.78, 5) is 0. The normalized spacial score (nSPS) is 20.1. The van der Waals surface area contributed by atoms with E-state index in [1.807, 2.05) is 0 Å². The van der Waals surface area contributed by atoms with Gasteiger partial charge in [0.25, 0.3) is 0 Å². The zero-order valence-corrected chi connectivity index (χ0v) is 15.9. The lowest BCUT2D eigenvalue weighted by Crippen LogP contribution is -2.13. The van der Waals surface area contributed by atoms with E-state index >= 15 is 0 Å². The minimum Gasteiger partial charge on any atom is -0.207 e. The highest BCUT2D eigenvalue weighted by atomic mass is 19.2. The zero-order chi connectivity index (χ0) is 19.6. The molecule has 0 heterocycles. The molecular weight excluding hydrogens is 352 g/mol. The van der Waals surface area contributed by atoms with E-state index in [0.717, 1.165) is 50.2 Å². The fraction of sp³-hybridized carbons (Fsp3) is 0.478. The van der Waals surface area contributed by atoms with Crippen molar-refractivity contribution in [1.29, 1.82) is 0 Å². The third-order valence-electron chi connectivity index (χ3n) is 5.96. The van der Waals surface area contributed by atoms with Crippen molar-refractivity contribution in [2.24, 2.45) is 5.92 Å². The van der Waals surface area contributed by atoms with Crippen LogP contribution in [0.2, 0.25) is 0 Å². The summed E-state index contributed by atoms with van der Waals surface area (Å²) in [5.74, 6) is -2.93. The molecule has 2 aromatic carbocycles. The molecule has 1 aliphatic rings. The molecule has 0 bridgehead atoms. The molecule has 1 aliphatic carbocycles. The second kappa shape index (κ2) is 8.45. The minimum absolute atomic E-state index is 0.106. The van der Waals surface area contributed by atoms with Gasteiger partial charge in [-0.2, -0.15) is 0 Å². The van der Waals surface area contributed by atoms with Crippen molar-refractivity contribution in [3.8, 4) is 11.1 Å². The monoisotopic (exact) mass is 378 g/mol. The predicted molar refractivity (Wildman–Crippen MR) is 101 cm³/mol. The van der Waals surface area contributed by atoms with Gasteiger partial charge >= 0.3 is 0 Å². The molecule has 0 amide bonds. The molecule has 27 heavy (non-hydrogen) atoms.